The minimum Gasteiger partial charge on any atom is -0.368 e. The Hall–Kier alpha value is -2.10. The largest absolute Gasteiger partial charge is 0.368 e. The minimum atomic E-state index is -0.449. The van der Waals surface area contributed by atoms with Crippen LogP contribution in [0.5, 0.6) is 0 Å². The van der Waals surface area contributed by atoms with Crippen molar-refractivity contribution < 1.29 is 4.39 Å². The molecular formula is C16H18FN3. The molecule has 0 aliphatic carbocycles. The van der Waals surface area contributed by atoms with Gasteiger partial charge < -0.3 is 10.2 Å². The van der Waals surface area contributed by atoms with Crippen LogP contribution in [0.25, 0.3) is 0 Å². The van der Waals surface area contributed by atoms with Gasteiger partial charge in [0.15, 0.2) is 0 Å². The van der Waals surface area contributed by atoms with Crippen molar-refractivity contribution in [3.63, 3.8) is 0 Å². The highest BCUT2D eigenvalue weighted by Gasteiger charge is 2.24. The summed E-state index contributed by atoms with van der Waals surface area (Å²) in [5.74, 6) is 0.139. The van der Waals surface area contributed by atoms with Crippen molar-refractivity contribution in [2.75, 3.05) is 23.3 Å². The monoisotopic (exact) mass is 271 g/mol. The molecule has 1 aromatic carbocycles. The predicted octanol–water partition coefficient (Wildman–Crippen LogP) is 3.08. The van der Waals surface area contributed by atoms with Gasteiger partial charge in [-0.05, 0) is 37.1 Å². The summed E-state index contributed by atoms with van der Waals surface area (Å²) in [4.78, 5) is 6.19. The van der Waals surface area contributed by atoms with Gasteiger partial charge in [-0.25, -0.2) is 4.98 Å². The lowest BCUT2D eigenvalue weighted by Crippen LogP contribution is -2.33. The van der Waals surface area contributed by atoms with E-state index in [2.05, 4.69) is 46.4 Å². The first kappa shape index (κ1) is 12.9. The van der Waals surface area contributed by atoms with Crippen LogP contribution in [0.1, 0.15) is 12.5 Å². The maximum atomic E-state index is 13.0. The van der Waals surface area contributed by atoms with Crippen molar-refractivity contribution >= 4 is 11.5 Å². The predicted molar refractivity (Wildman–Crippen MR) is 79.6 cm³/mol. The molecule has 3 rings (SSSR count). The second kappa shape index (κ2) is 5.49. The van der Waals surface area contributed by atoms with Crippen molar-refractivity contribution in [1.29, 1.82) is 0 Å². The van der Waals surface area contributed by atoms with Crippen molar-refractivity contribution in [3.05, 3.63) is 54.0 Å². The van der Waals surface area contributed by atoms with Crippen LogP contribution in [-0.4, -0.2) is 24.1 Å². The van der Waals surface area contributed by atoms with E-state index in [-0.39, 0.29) is 0 Å². The Morgan fingerprint density at radius 3 is 2.95 bits per heavy atom. The molecule has 2 aromatic rings. The van der Waals surface area contributed by atoms with Crippen molar-refractivity contribution in [2.24, 2.45) is 0 Å². The van der Waals surface area contributed by atoms with Gasteiger partial charge in [-0.1, -0.05) is 24.3 Å². The fourth-order valence-electron chi connectivity index (χ4n) is 2.78. The fraction of sp³-hybridized carbons (Fsp3) is 0.312. The van der Waals surface area contributed by atoms with E-state index in [0.717, 1.165) is 19.5 Å². The van der Waals surface area contributed by atoms with E-state index < -0.39 is 5.95 Å². The molecule has 2 heterocycles. The SMILES string of the molecule is CC1Cc2ccccc2N1CCNc1cccc(F)n1. The number of halogens is 1. The van der Waals surface area contributed by atoms with E-state index in [0.29, 0.717) is 11.9 Å². The number of hydrogen-bond acceptors (Lipinski definition) is 3. The molecule has 1 unspecified atom stereocenters. The molecule has 0 bridgehead atoms. The second-order valence-electron chi connectivity index (χ2n) is 5.15. The van der Waals surface area contributed by atoms with Crippen molar-refractivity contribution in [2.45, 2.75) is 19.4 Å². The summed E-state index contributed by atoms with van der Waals surface area (Å²) >= 11 is 0. The van der Waals surface area contributed by atoms with Crippen molar-refractivity contribution in [3.8, 4) is 0 Å². The molecule has 3 nitrogen and oxygen atoms in total. The maximum Gasteiger partial charge on any atom is 0.214 e. The number of rotatable bonds is 4. The smallest absolute Gasteiger partial charge is 0.214 e. The zero-order chi connectivity index (χ0) is 13.9. The van der Waals surface area contributed by atoms with Crippen LogP contribution in [0.3, 0.4) is 0 Å². The zero-order valence-corrected chi connectivity index (χ0v) is 11.5. The number of nitrogens with zero attached hydrogens (tertiary/aromatic N) is 2. The average Bonchev–Trinajstić information content (AvgIpc) is 2.75. The molecule has 0 amide bonds. The van der Waals surface area contributed by atoms with E-state index in [4.69, 9.17) is 0 Å². The Balaban J connectivity index is 1.62. The third-order valence-corrected chi connectivity index (χ3v) is 3.72. The molecule has 1 aromatic heterocycles. The molecule has 0 saturated carbocycles. The molecule has 1 aliphatic heterocycles. The van der Waals surface area contributed by atoms with Crippen LogP contribution in [0.4, 0.5) is 15.9 Å². The molecule has 20 heavy (non-hydrogen) atoms. The number of anilines is 2. The first-order valence-corrected chi connectivity index (χ1v) is 6.95. The zero-order valence-electron chi connectivity index (χ0n) is 11.5. The van der Waals surface area contributed by atoms with Gasteiger partial charge >= 0.3 is 0 Å². The minimum absolute atomic E-state index is 0.449. The van der Waals surface area contributed by atoms with Crippen LogP contribution in [0, 0.1) is 5.95 Å². The van der Waals surface area contributed by atoms with Gasteiger partial charge in [0, 0.05) is 24.8 Å². The van der Waals surface area contributed by atoms with Gasteiger partial charge in [0.1, 0.15) is 5.82 Å². The lowest BCUT2D eigenvalue weighted by atomic mass is 10.1. The number of para-hydroxylation sites is 1. The van der Waals surface area contributed by atoms with Gasteiger partial charge in [0.25, 0.3) is 0 Å². The summed E-state index contributed by atoms with van der Waals surface area (Å²) in [6.07, 6.45) is 1.09. The molecule has 1 N–H and O–H groups in total. The Labute approximate surface area is 118 Å². The molecule has 1 atom stereocenters. The number of aromatic nitrogens is 1. The molecule has 0 spiro atoms. The number of fused-ring (bicyclic) bond motifs is 1. The van der Waals surface area contributed by atoms with E-state index in [9.17, 15) is 4.39 Å². The number of pyridine rings is 1. The third-order valence-electron chi connectivity index (χ3n) is 3.72. The van der Waals surface area contributed by atoms with Crippen LogP contribution < -0.4 is 10.2 Å². The Bertz CT molecular complexity index is 600. The topological polar surface area (TPSA) is 28.2 Å². The summed E-state index contributed by atoms with van der Waals surface area (Å²) in [5, 5.41) is 3.17. The summed E-state index contributed by atoms with van der Waals surface area (Å²) < 4.78 is 13.0. The first-order chi connectivity index (χ1) is 9.74. The first-order valence-electron chi connectivity index (χ1n) is 6.95. The molecule has 1 aliphatic rings. The van der Waals surface area contributed by atoms with Crippen LogP contribution in [0.15, 0.2) is 42.5 Å². The number of hydrogen-bond donors (Lipinski definition) is 1. The fourth-order valence-corrected chi connectivity index (χ4v) is 2.78. The van der Waals surface area contributed by atoms with E-state index in [1.807, 2.05) is 0 Å². The highest BCUT2D eigenvalue weighted by molar-refractivity contribution is 5.59. The highest BCUT2D eigenvalue weighted by Crippen LogP contribution is 2.31. The standard InChI is InChI=1S/C16H18FN3/c1-12-11-13-5-2-3-6-14(13)20(12)10-9-18-16-8-4-7-15(17)19-16/h2-8,12H,9-11H2,1H3,(H,18,19). The lowest BCUT2D eigenvalue weighted by Gasteiger charge is -2.25. The lowest BCUT2D eigenvalue weighted by molar-refractivity contribution is 0.585. The molecule has 0 fully saturated rings. The van der Waals surface area contributed by atoms with Crippen LogP contribution in [-0.2, 0) is 6.42 Å². The van der Waals surface area contributed by atoms with Crippen LogP contribution in [0.2, 0.25) is 0 Å². The normalized spacial score (nSPS) is 17.1. The van der Waals surface area contributed by atoms with E-state index in [1.54, 1.807) is 12.1 Å². The molecule has 0 radical (unpaired) electrons. The summed E-state index contributed by atoms with van der Waals surface area (Å²) in [7, 11) is 0. The van der Waals surface area contributed by atoms with Gasteiger partial charge in [-0.15, -0.1) is 0 Å². The summed E-state index contributed by atoms with van der Waals surface area (Å²) in [6.45, 7) is 3.87. The quantitative estimate of drug-likeness (QED) is 0.866. The van der Waals surface area contributed by atoms with Gasteiger partial charge in [0.2, 0.25) is 5.95 Å². The second-order valence-corrected chi connectivity index (χ2v) is 5.15. The maximum absolute atomic E-state index is 13.0. The third kappa shape index (κ3) is 2.59. The average molecular weight is 271 g/mol. The Morgan fingerprint density at radius 2 is 2.10 bits per heavy atom. The Kier molecular flexibility index (Phi) is 3.54. The molecule has 0 saturated heterocycles. The van der Waals surface area contributed by atoms with Crippen LogP contribution >= 0.6 is 0 Å². The van der Waals surface area contributed by atoms with E-state index >= 15 is 0 Å². The van der Waals surface area contributed by atoms with Crippen molar-refractivity contribution in [1.82, 2.24) is 4.98 Å². The molecular weight excluding hydrogens is 253 g/mol. The van der Waals surface area contributed by atoms with Gasteiger partial charge in [-0.2, -0.15) is 4.39 Å². The Morgan fingerprint density at radius 1 is 1.25 bits per heavy atom. The number of nitrogens with one attached hydrogen (secondary N) is 1. The van der Waals surface area contributed by atoms with Gasteiger partial charge in [-0.3, -0.25) is 0 Å². The molecule has 104 valence electrons. The highest BCUT2D eigenvalue weighted by atomic mass is 19.1. The molecule has 4 heteroatoms. The summed E-state index contributed by atoms with van der Waals surface area (Å²) in [5.41, 5.74) is 2.72. The summed E-state index contributed by atoms with van der Waals surface area (Å²) in [6, 6.07) is 13.8. The van der Waals surface area contributed by atoms with Gasteiger partial charge in [0.05, 0.1) is 0 Å². The number of benzene rings is 1. The van der Waals surface area contributed by atoms with E-state index in [1.165, 1.54) is 17.3 Å².